The lowest BCUT2D eigenvalue weighted by atomic mass is 9.94. The summed E-state index contributed by atoms with van der Waals surface area (Å²) in [7, 11) is 0. The zero-order chi connectivity index (χ0) is 13.1. The third-order valence-corrected chi connectivity index (χ3v) is 3.72. The Morgan fingerprint density at radius 1 is 1.33 bits per heavy atom. The fourth-order valence-corrected chi connectivity index (χ4v) is 2.62. The molecule has 0 radical (unpaired) electrons. The number of aliphatic carboxylic acids is 1. The molecule has 1 aromatic carbocycles. The SMILES string of the molecule is CC(C)c1ccc(C2CC/C(=C\C(=O)O)C2)cc1. The Morgan fingerprint density at radius 3 is 2.56 bits per heavy atom. The molecular formula is C16H20O2. The third kappa shape index (κ3) is 3.00. The second kappa shape index (κ2) is 5.38. The summed E-state index contributed by atoms with van der Waals surface area (Å²) in [6.45, 7) is 4.39. The molecule has 2 heteroatoms. The van der Waals surface area contributed by atoms with Gasteiger partial charge in [0.1, 0.15) is 0 Å². The zero-order valence-corrected chi connectivity index (χ0v) is 11.0. The van der Waals surface area contributed by atoms with Gasteiger partial charge in [-0.15, -0.1) is 0 Å². The largest absolute Gasteiger partial charge is 0.478 e. The van der Waals surface area contributed by atoms with Gasteiger partial charge in [0.05, 0.1) is 0 Å². The van der Waals surface area contributed by atoms with Gasteiger partial charge in [-0.3, -0.25) is 0 Å². The van der Waals surface area contributed by atoms with Crippen LogP contribution in [0.4, 0.5) is 0 Å². The van der Waals surface area contributed by atoms with Crippen molar-refractivity contribution in [3.63, 3.8) is 0 Å². The Morgan fingerprint density at radius 2 is 2.00 bits per heavy atom. The number of hydrogen-bond donors (Lipinski definition) is 1. The van der Waals surface area contributed by atoms with Gasteiger partial charge in [0.2, 0.25) is 0 Å². The van der Waals surface area contributed by atoms with Crippen LogP contribution in [0.5, 0.6) is 0 Å². The number of benzene rings is 1. The Hall–Kier alpha value is -1.57. The Labute approximate surface area is 108 Å². The monoisotopic (exact) mass is 244 g/mol. The highest BCUT2D eigenvalue weighted by Gasteiger charge is 2.21. The van der Waals surface area contributed by atoms with Crippen molar-refractivity contribution in [2.75, 3.05) is 0 Å². The fourth-order valence-electron chi connectivity index (χ4n) is 2.62. The molecule has 0 heterocycles. The highest BCUT2D eigenvalue weighted by Crippen LogP contribution is 2.38. The predicted molar refractivity (Wildman–Crippen MR) is 72.8 cm³/mol. The summed E-state index contributed by atoms with van der Waals surface area (Å²) in [6.07, 6.45) is 4.26. The molecule has 2 nitrogen and oxygen atoms in total. The van der Waals surface area contributed by atoms with E-state index in [-0.39, 0.29) is 0 Å². The Bertz CT molecular complexity index is 454. The first-order valence-electron chi connectivity index (χ1n) is 6.58. The number of rotatable bonds is 3. The summed E-state index contributed by atoms with van der Waals surface area (Å²) in [6, 6.07) is 8.78. The van der Waals surface area contributed by atoms with E-state index in [0.717, 1.165) is 24.8 Å². The number of carboxylic acids is 1. The summed E-state index contributed by atoms with van der Waals surface area (Å²) in [4.78, 5) is 10.6. The highest BCUT2D eigenvalue weighted by molar-refractivity contribution is 5.80. The Kier molecular flexibility index (Phi) is 3.85. The molecule has 96 valence electrons. The molecule has 18 heavy (non-hydrogen) atoms. The summed E-state index contributed by atoms with van der Waals surface area (Å²) in [5.41, 5.74) is 3.77. The first-order chi connectivity index (χ1) is 8.56. The van der Waals surface area contributed by atoms with Crippen molar-refractivity contribution >= 4 is 5.97 Å². The molecule has 1 aliphatic carbocycles. The van der Waals surface area contributed by atoms with Crippen LogP contribution in [-0.2, 0) is 4.79 Å². The summed E-state index contributed by atoms with van der Waals surface area (Å²) < 4.78 is 0. The molecule has 1 aromatic rings. The van der Waals surface area contributed by atoms with Crippen molar-refractivity contribution < 1.29 is 9.90 Å². The second-order valence-electron chi connectivity index (χ2n) is 5.40. The van der Waals surface area contributed by atoms with Gasteiger partial charge in [0, 0.05) is 6.08 Å². The lowest BCUT2D eigenvalue weighted by Gasteiger charge is -2.11. The van der Waals surface area contributed by atoms with Gasteiger partial charge in [-0.25, -0.2) is 4.79 Å². The zero-order valence-electron chi connectivity index (χ0n) is 11.0. The summed E-state index contributed by atoms with van der Waals surface area (Å²) in [5, 5.41) is 8.75. The van der Waals surface area contributed by atoms with E-state index in [1.54, 1.807) is 0 Å². The number of hydrogen-bond acceptors (Lipinski definition) is 1. The lowest BCUT2D eigenvalue weighted by Crippen LogP contribution is -1.94. The molecule has 2 rings (SSSR count). The van der Waals surface area contributed by atoms with Gasteiger partial charge < -0.3 is 5.11 Å². The van der Waals surface area contributed by atoms with Crippen LogP contribution in [0.25, 0.3) is 0 Å². The second-order valence-corrected chi connectivity index (χ2v) is 5.40. The van der Waals surface area contributed by atoms with Crippen molar-refractivity contribution in [2.45, 2.75) is 44.9 Å². The standard InChI is InChI=1S/C16H20O2/c1-11(2)13-5-7-14(8-6-13)15-4-3-12(9-15)10-16(17)18/h5-8,10-11,15H,3-4,9H2,1-2H3,(H,17,18)/b12-10+. The average molecular weight is 244 g/mol. The molecule has 1 unspecified atom stereocenters. The van der Waals surface area contributed by atoms with Crippen molar-refractivity contribution in [2.24, 2.45) is 0 Å². The third-order valence-electron chi connectivity index (χ3n) is 3.72. The minimum absolute atomic E-state index is 0.497. The first-order valence-corrected chi connectivity index (χ1v) is 6.58. The summed E-state index contributed by atoms with van der Waals surface area (Å²) >= 11 is 0. The van der Waals surface area contributed by atoms with Crippen LogP contribution in [0.15, 0.2) is 35.9 Å². The normalized spacial score (nSPS) is 21.7. The van der Waals surface area contributed by atoms with Crippen LogP contribution in [0.3, 0.4) is 0 Å². The molecule has 0 bridgehead atoms. The van der Waals surface area contributed by atoms with Crippen LogP contribution in [0.2, 0.25) is 0 Å². The van der Waals surface area contributed by atoms with Crippen LogP contribution < -0.4 is 0 Å². The van der Waals surface area contributed by atoms with Crippen molar-refractivity contribution in [1.29, 1.82) is 0 Å². The van der Waals surface area contributed by atoms with Crippen LogP contribution in [-0.4, -0.2) is 11.1 Å². The quantitative estimate of drug-likeness (QED) is 0.813. The van der Waals surface area contributed by atoms with E-state index in [1.165, 1.54) is 17.2 Å². The van der Waals surface area contributed by atoms with E-state index in [2.05, 4.69) is 38.1 Å². The molecule has 1 aliphatic rings. The maximum absolute atomic E-state index is 10.6. The van der Waals surface area contributed by atoms with Gasteiger partial charge in [-0.2, -0.15) is 0 Å². The van der Waals surface area contributed by atoms with Crippen molar-refractivity contribution in [3.8, 4) is 0 Å². The molecule has 1 saturated carbocycles. The maximum Gasteiger partial charge on any atom is 0.328 e. The first kappa shape index (κ1) is 12.9. The molecule has 0 amide bonds. The minimum Gasteiger partial charge on any atom is -0.478 e. The minimum atomic E-state index is -0.819. The van der Waals surface area contributed by atoms with Gasteiger partial charge in [-0.05, 0) is 42.2 Å². The Balaban J connectivity index is 2.07. The topological polar surface area (TPSA) is 37.3 Å². The van der Waals surface area contributed by atoms with E-state index in [0.29, 0.717) is 11.8 Å². The lowest BCUT2D eigenvalue weighted by molar-refractivity contribution is -0.131. The molecule has 0 spiro atoms. The van der Waals surface area contributed by atoms with Crippen LogP contribution in [0.1, 0.15) is 56.1 Å². The van der Waals surface area contributed by atoms with Crippen molar-refractivity contribution in [1.82, 2.24) is 0 Å². The van der Waals surface area contributed by atoms with Crippen LogP contribution >= 0.6 is 0 Å². The molecular weight excluding hydrogens is 224 g/mol. The number of allylic oxidation sites excluding steroid dienone is 1. The number of carbonyl (C=O) groups is 1. The molecule has 1 atom stereocenters. The molecule has 0 aromatic heterocycles. The smallest absolute Gasteiger partial charge is 0.328 e. The van der Waals surface area contributed by atoms with E-state index >= 15 is 0 Å². The number of carboxylic acid groups (broad SMARTS) is 1. The van der Waals surface area contributed by atoms with Crippen LogP contribution in [0, 0.1) is 0 Å². The molecule has 0 aliphatic heterocycles. The van der Waals surface area contributed by atoms with E-state index < -0.39 is 5.97 Å². The molecule has 1 N–H and O–H groups in total. The molecule has 0 saturated heterocycles. The predicted octanol–water partition coefficient (Wildman–Crippen LogP) is 4.09. The van der Waals surface area contributed by atoms with Gasteiger partial charge >= 0.3 is 5.97 Å². The molecule has 1 fully saturated rings. The maximum atomic E-state index is 10.6. The van der Waals surface area contributed by atoms with Gasteiger partial charge in [0.15, 0.2) is 0 Å². The van der Waals surface area contributed by atoms with E-state index in [1.807, 2.05) is 0 Å². The average Bonchev–Trinajstić information content (AvgIpc) is 2.76. The summed E-state index contributed by atoms with van der Waals surface area (Å²) in [5.74, 6) is 0.239. The van der Waals surface area contributed by atoms with E-state index in [9.17, 15) is 4.79 Å². The van der Waals surface area contributed by atoms with Gasteiger partial charge in [0.25, 0.3) is 0 Å². The van der Waals surface area contributed by atoms with Gasteiger partial charge in [-0.1, -0.05) is 43.7 Å². The highest BCUT2D eigenvalue weighted by atomic mass is 16.4. The van der Waals surface area contributed by atoms with Crippen molar-refractivity contribution in [3.05, 3.63) is 47.0 Å². The van der Waals surface area contributed by atoms with E-state index in [4.69, 9.17) is 5.11 Å². The fraction of sp³-hybridized carbons (Fsp3) is 0.438.